The number of nitrogens with zero attached hydrogens (tertiary/aromatic N) is 2. The molecule has 0 saturated heterocycles. The zero-order valence-electron chi connectivity index (χ0n) is 16.1. The third-order valence-corrected chi connectivity index (χ3v) is 5.16. The number of hydrogen-bond donors (Lipinski definition) is 0. The summed E-state index contributed by atoms with van der Waals surface area (Å²) in [6, 6.07) is 15.2. The molecule has 0 saturated carbocycles. The van der Waals surface area contributed by atoms with Crippen LogP contribution in [0.25, 0.3) is 0 Å². The van der Waals surface area contributed by atoms with Gasteiger partial charge in [0.2, 0.25) is 5.91 Å². The van der Waals surface area contributed by atoms with Crippen LogP contribution in [0.15, 0.2) is 42.5 Å². The molecule has 3 heteroatoms. The van der Waals surface area contributed by atoms with Gasteiger partial charge in [0.15, 0.2) is 0 Å². The third kappa shape index (κ3) is 3.15. The van der Waals surface area contributed by atoms with E-state index in [1.807, 2.05) is 4.90 Å². The van der Waals surface area contributed by atoms with E-state index in [1.54, 1.807) is 0 Å². The van der Waals surface area contributed by atoms with Gasteiger partial charge in [-0.1, -0.05) is 31.5 Å². The second-order valence-corrected chi connectivity index (χ2v) is 8.01. The summed E-state index contributed by atoms with van der Waals surface area (Å²) in [4.78, 5) is 16.7. The van der Waals surface area contributed by atoms with Crippen molar-refractivity contribution in [1.82, 2.24) is 0 Å². The second-order valence-electron chi connectivity index (χ2n) is 8.01. The largest absolute Gasteiger partial charge is 0.345 e. The monoisotopic (exact) mass is 336 g/mol. The van der Waals surface area contributed by atoms with Gasteiger partial charge in [-0.15, -0.1) is 0 Å². The number of carbonyl (C=O) groups excluding carboxylic acids is 1. The molecule has 0 radical (unpaired) electrons. The van der Waals surface area contributed by atoms with Gasteiger partial charge in [0.1, 0.15) is 0 Å². The van der Waals surface area contributed by atoms with Crippen molar-refractivity contribution in [2.24, 2.45) is 0 Å². The lowest BCUT2D eigenvalue weighted by molar-refractivity contribution is -0.120. The van der Waals surface area contributed by atoms with Crippen molar-refractivity contribution in [2.45, 2.75) is 52.5 Å². The lowest BCUT2D eigenvalue weighted by Crippen LogP contribution is -2.45. The Kier molecular flexibility index (Phi) is 4.36. The van der Waals surface area contributed by atoms with Crippen LogP contribution in [-0.2, 0) is 10.2 Å². The fraction of sp³-hybridized carbons (Fsp3) is 0.409. The number of hydrogen-bond acceptors (Lipinski definition) is 2. The van der Waals surface area contributed by atoms with Crippen LogP contribution in [0.2, 0.25) is 0 Å². The fourth-order valence-corrected chi connectivity index (χ4v) is 3.66. The van der Waals surface area contributed by atoms with Crippen molar-refractivity contribution in [3.63, 3.8) is 0 Å². The molecule has 0 atom stereocenters. The quantitative estimate of drug-likeness (QED) is 0.770. The molecule has 0 aromatic heterocycles. The Hall–Kier alpha value is -2.29. The Balaban J connectivity index is 2.06. The molecule has 1 heterocycles. The van der Waals surface area contributed by atoms with Gasteiger partial charge in [-0.25, -0.2) is 0 Å². The van der Waals surface area contributed by atoms with Crippen molar-refractivity contribution in [3.8, 4) is 0 Å². The van der Waals surface area contributed by atoms with Crippen LogP contribution in [0.1, 0.15) is 45.2 Å². The molecule has 0 N–H and O–H groups in total. The highest BCUT2D eigenvalue weighted by molar-refractivity contribution is 5.98. The molecule has 2 aromatic carbocycles. The summed E-state index contributed by atoms with van der Waals surface area (Å²) in [5.74, 6) is 0.215. The van der Waals surface area contributed by atoms with Gasteiger partial charge in [0.05, 0.1) is 0 Å². The van der Waals surface area contributed by atoms with E-state index < -0.39 is 0 Å². The van der Waals surface area contributed by atoms with Gasteiger partial charge in [-0.05, 0) is 56.7 Å². The normalized spacial score (nSPS) is 16.1. The van der Waals surface area contributed by atoms with Gasteiger partial charge in [-0.2, -0.15) is 0 Å². The molecule has 0 bridgehead atoms. The standard InChI is InChI=1S/C22H28N2O/c1-15(2)24-20-12-11-18(13-19(20)22(4,5)14-21(24)25)23(6)17-9-7-16(3)8-10-17/h7-13,15H,14H2,1-6H3. The highest BCUT2D eigenvalue weighted by Gasteiger charge is 2.37. The molecule has 0 spiro atoms. The summed E-state index contributed by atoms with van der Waals surface area (Å²) in [5.41, 5.74) is 5.72. The molecule has 1 aliphatic heterocycles. The van der Waals surface area contributed by atoms with Crippen LogP contribution in [0.4, 0.5) is 17.1 Å². The van der Waals surface area contributed by atoms with Gasteiger partial charge in [0.25, 0.3) is 0 Å². The lowest BCUT2D eigenvalue weighted by atomic mass is 9.76. The Morgan fingerprint density at radius 3 is 2.24 bits per heavy atom. The Morgan fingerprint density at radius 2 is 1.64 bits per heavy atom. The Labute approximate surface area is 151 Å². The van der Waals surface area contributed by atoms with E-state index in [0.29, 0.717) is 6.42 Å². The maximum atomic E-state index is 12.6. The van der Waals surface area contributed by atoms with E-state index in [-0.39, 0.29) is 17.4 Å². The summed E-state index contributed by atoms with van der Waals surface area (Å²) in [6.07, 6.45) is 0.551. The van der Waals surface area contributed by atoms with Crippen molar-refractivity contribution in [1.29, 1.82) is 0 Å². The number of rotatable bonds is 3. The number of benzene rings is 2. The zero-order chi connectivity index (χ0) is 18.4. The number of aryl methyl sites for hydroxylation is 1. The minimum absolute atomic E-state index is 0.151. The van der Waals surface area contributed by atoms with E-state index >= 15 is 0 Å². The van der Waals surface area contributed by atoms with Crippen LogP contribution >= 0.6 is 0 Å². The Bertz CT molecular complexity index is 790. The second kappa shape index (κ2) is 6.21. The molecule has 1 amide bonds. The smallest absolute Gasteiger partial charge is 0.228 e. The van der Waals surface area contributed by atoms with Crippen molar-refractivity contribution >= 4 is 23.0 Å². The zero-order valence-corrected chi connectivity index (χ0v) is 16.1. The predicted molar refractivity (Wildman–Crippen MR) is 106 cm³/mol. The maximum absolute atomic E-state index is 12.6. The van der Waals surface area contributed by atoms with Crippen LogP contribution in [0.5, 0.6) is 0 Å². The van der Waals surface area contributed by atoms with Crippen LogP contribution in [-0.4, -0.2) is 19.0 Å². The summed E-state index contributed by atoms with van der Waals surface area (Å²) >= 11 is 0. The molecule has 0 unspecified atom stereocenters. The van der Waals surface area contributed by atoms with Crippen molar-refractivity contribution < 1.29 is 4.79 Å². The number of amides is 1. The topological polar surface area (TPSA) is 23.6 Å². The molecule has 3 rings (SSSR count). The van der Waals surface area contributed by atoms with E-state index in [0.717, 1.165) is 17.1 Å². The van der Waals surface area contributed by atoms with Gasteiger partial charge < -0.3 is 9.80 Å². The average molecular weight is 336 g/mol. The minimum atomic E-state index is -0.151. The molecule has 0 aliphatic carbocycles. The van der Waals surface area contributed by atoms with Crippen molar-refractivity contribution in [3.05, 3.63) is 53.6 Å². The van der Waals surface area contributed by atoms with E-state index in [9.17, 15) is 4.79 Å². The molecular weight excluding hydrogens is 308 g/mol. The summed E-state index contributed by atoms with van der Waals surface area (Å²) in [5, 5.41) is 0. The van der Waals surface area contributed by atoms with Crippen molar-refractivity contribution in [2.75, 3.05) is 16.8 Å². The first-order valence-electron chi connectivity index (χ1n) is 8.98. The van der Waals surface area contributed by atoms with Crippen LogP contribution < -0.4 is 9.80 Å². The lowest BCUT2D eigenvalue weighted by Gasteiger charge is -2.41. The molecular formula is C22H28N2O. The molecule has 1 aliphatic rings. The number of anilines is 3. The summed E-state index contributed by atoms with van der Waals surface area (Å²) in [7, 11) is 2.09. The number of fused-ring (bicyclic) bond motifs is 1. The highest BCUT2D eigenvalue weighted by Crippen LogP contribution is 2.43. The van der Waals surface area contributed by atoms with E-state index in [2.05, 4.69) is 89.0 Å². The average Bonchev–Trinajstić information content (AvgIpc) is 2.53. The van der Waals surface area contributed by atoms with Crippen LogP contribution in [0.3, 0.4) is 0 Å². The summed E-state index contributed by atoms with van der Waals surface area (Å²) < 4.78 is 0. The molecule has 0 fully saturated rings. The Morgan fingerprint density at radius 1 is 1.04 bits per heavy atom. The fourth-order valence-electron chi connectivity index (χ4n) is 3.66. The van der Waals surface area contributed by atoms with Gasteiger partial charge >= 0.3 is 0 Å². The first-order valence-corrected chi connectivity index (χ1v) is 8.98. The maximum Gasteiger partial charge on any atom is 0.228 e. The van der Waals surface area contributed by atoms with Crippen LogP contribution in [0, 0.1) is 6.92 Å². The predicted octanol–water partition coefficient (Wildman–Crippen LogP) is 5.19. The highest BCUT2D eigenvalue weighted by atomic mass is 16.2. The third-order valence-electron chi connectivity index (χ3n) is 5.16. The first kappa shape index (κ1) is 17.5. The molecule has 2 aromatic rings. The summed E-state index contributed by atoms with van der Waals surface area (Å²) in [6.45, 7) is 10.6. The van der Waals surface area contributed by atoms with Gasteiger partial charge in [-0.3, -0.25) is 4.79 Å². The molecule has 25 heavy (non-hydrogen) atoms. The molecule has 132 valence electrons. The molecule has 3 nitrogen and oxygen atoms in total. The van der Waals surface area contributed by atoms with E-state index in [4.69, 9.17) is 0 Å². The number of carbonyl (C=O) groups is 1. The SMILES string of the molecule is Cc1ccc(N(C)c2ccc3c(c2)C(C)(C)CC(=O)N3C(C)C)cc1. The minimum Gasteiger partial charge on any atom is -0.345 e. The van der Waals surface area contributed by atoms with E-state index in [1.165, 1.54) is 11.1 Å². The first-order chi connectivity index (χ1) is 11.7. The van der Waals surface area contributed by atoms with Gasteiger partial charge in [0, 0.05) is 42.0 Å².